The van der Waals surface area contributed by atoms with E-state index in [1.807, 2.05) is 34.9 Å². The lowest BCUT2D eigenvalue weighted by Gasteiger charge is -2.03. The maximum absolute atomic E-state index is 5.48. The van der Waals surface area contributed by atoms with Gasteiger partial charge in [-0.15, -0.1) is 6.42 Å². The highest BCUT2D eigenvalue weighted by Gasteiger charge is 2.17. The van der Waals surface area contributed by atoms with Crippen LogP contribution in [0.3, 0.4) is 0 Å². The second kappa shape index (κ2) is 4.90. The molecule has 6 heteroatoms. The van der Waals surface area contributed by atoms with Crippen LogP contribution in [0.25, 0.3) is 34.0 Å². The van der Waals surface area contributed by atoms with E-state index in [2.05, 4.69) is 21.2 Å². The number of benzene rings is 1. The molecular formula is C16H10N4O2. The molecule has 0 radical (unpaired) electrons. The molecule has 0 unspecified atom stereocenters. The number of para-hydroxylation sites is 1. The molecule has 0 atom stereocenters. The molecule has 0 fully saturated rings. The van der Waals surface area contributed by atoms with Crippen molar-refractivity contribution in [2.45, 2.75) is 6.54 Å². The largest absolute Gasteiger partial charge is 0.364 e. The van der Waals surface area contributed by atoms with Gasteiger partial charge in [-0.2, -0.15) is 4.98 Å². The van der Waals surface area contributed by atoms with Crippen molar-refractivity contribution < 1.29 is 9.05 Å². The minimum Gasteiger partial charge on any atom is -0.364 e. The minimum atomic E-state index is 0.376. The van der Waals surface area contributed by atoms with Gasteiger partial charge in [0.15, 0.2) is 5.69 Å². The lowest BCUT2D eigenvalue weighted by atomic mass is 10.2. The molecule has 0 saturated heterocycles. The summed E-state index contributed by atoms with van der Waals surface area (Å²) in [4.78, 5) is 4.37. The third-order valence-electron chi connectivity index (χ3n) is 3.37. The highest BCUT2D eigenvalue weighted by atomic mass is 16.5. The summed E-state index contributed by atoms with van der Waals surface area (Å²) in [5.41, 5.74) is 2.33. The lowest BCUT2D eigenvalue weighted by molar-refractivity contribution is 0.416. The van der Waals surface area contributed by atoms with Crippen LogP contribution in [0.15, 0.2) is 51.7 Å². The minimum absolute atomic E-state index is 0.376. The zero-order valence-corrected chi connectivity index (χ0v) is 11.4. The molecule has 0 saturated carbocycles. The van der Waals surface area contributed by atoms with Crippen molar-refractivity contribution in [3.8, 4) is 35.4 Å². The number of hydrogen-bond acceptors (Lipinski definition) is 5. The Morgan fingerprint density at radius 3 is 2.91 bits per heavy atom. The van der Waals surface area contributed by atoms with Gasteiger partial charge in [0.05, 0.1) is 6.54 Å². The first-order chi connectivity index (χ1) is 10.9. The van der Waals surface area contributed by atoms with E-state index in [0.717, 1.165) is 16.6 Å². The molecule has 4 rings (SSSR count). The molecule has 0 amide bonds. The van der Waals surface area contributed by atoms with E-state index in [1.165, 1.54) is 6.26 Å². The number of aromatic nitrogens is 4. The Balaban J connectivity index is 1.87. The smallest absolute Gasteiger partial charge is 0.274 e. The van der Waals surface area contributed by atoms with Gasteiger partial charge in [-0.05, 0) is 12.1 Å². The van der Waals surface area contributed by atoms with Crippen LogP contribution in [0.1, 0.15) is 0 Å². The molecular weight excluding hydrogens is 280 g/mol. The maximum atomic E-state index is 5.48. The van der Waals surface area contributed by atoms with Crippen LogP contribution in [0.2, 0.25) is 0 Å². The molecule has 4 aromatic rings. The predicted octanol–water partition coefficient (Wildman–Crippen LogP) is 2.98. The molecule has 6 nitrogen and oxygen atoms in total. The molecule has 0 aliphatic carbocycles. The molecule has 3 heterocycles. The third-order valence-corrected chi connectivity index (χ3v) is 3.37. The number of hydrogen-bond donors (Lipinski definition) is 0. The third kappa shape index (κ3) is 1.88. The number of fused-ring (bicyclic) bond motifs is 1. The van der Waals surface area contributed by atoms with Crippen molar-refractivity contribution in [1.82, 2.24) is 19.9 Å². The van der Waals surface area contributed by atoms with Gasteiger partial charge in [0.1, 0.15) is 12.0 Å². The van der Waals surface area contributed by atoms with E-state index in [-0.39, 0.29) is 0 Å². The Morgan fingerprint density at radius 1 is 1.18 bits per heavy atom. The fraction of sp³-hybridized carbons (Fsp3) is 0.0625. The fourth-order valence-corrected chi connectivity index (χ4v) is 2.41. The van der Waals surface area contributed by atoms with Gasteiger partial charge in [0, 0.05) is 17.0 Å². The van der Waals surface area contributed by atoms with Crippen LogP contribution in [-0.2, 0) is 6.54 Å². The van der Waals surface area contributed by atoms with Crippen molar-refractivity contribution in [2.24, 2.45) is 0 Å². The van der Waals surface area contributed by atoms with Gasteiger partial charge in [-0.1, -0.05) is 34.4 Å². The average Bonchev–Trinajstić information content (AvgIpc) is 3.27. The number of nitrogens with zero attached hydrogens (tertiary/aromatic N) is 4. The molecule has 0 N–H and O–H groups in total. The fourth-order valence-electron chi connectivity index (χ4n) is 2.41. The van der Waals surface area contributed by atoms with Crippen LogP contribution in [0, 0.1) is 12.3 Å². The normalized spacial score (nSPS) is 10.9. The first-order valence-electron chi connectivity index (χ1n) is 6.63. The Morgan fingerprint density at radius 2 is 2.09 bits per heavy atom. The summed E-state index contributed by atoms with van der Waals surface area (Å²) in [5, 5.41) is 8.79. The lowest BCUT2D eigenvalue weighted by Crippen LogP contribution is -1.97. The molecule has 0 aliphatic rings. The van der Waals surface area contributed by atoms with Gasteiger partial charge in [-0.25, -0.2) is 0 Å². The van der Waals surface area contributed by atoms with Crippen molar-refractivity contribution in [2.75, 3.05) is 0 Å². The summed E-state index contributed by atoms with van der Waals surface area (Å²) < 4.78 is 12.1. The van der Waals surface area contributed by atoms with Crippen LogP contribution < -0.4 is 0 Å². The van der Waals surface area contributed by atoms with Crippen LogP contribution in [-0.4, -0.2) is 19.9 Å². The Labute approximate surface area is 125 Å². The summed E-state index contributed by atoms with van der Waals surface area (Å²) in [7, 11) is 0. The molecule has 106 valence electrons. The second-order valence-corrected chi connectivity index (χ2v) is 4.69. The Bertz CT molecular complexity index is 973. The Hall–Kier alpha value is -3.33. The summed E-state index contributed by atoms with van der Waals surface area (Å²) in [6.45, 7) is 0.421. The van der Waals surface area contributed by atoms with Crippen molar-refractivity contribution >= 4 is 10.9 Å². The number of terminal acetylenes is 1. The first kappa shape index (κ1) is 12.4. The summed E-state index contributed by atoms with van der Waals surface area (Å²) in [6, 6.07) is 11.6. The quantitative estimate of drug-likeness (QED) is 0.542. The predicted molar refractivity (Wildman–Crippen MR) is 79.6 cm³/mol. The summed E-state index contributed by atoms with van der Waals surface area (Å²) >= 11 is 0. The van der Waals surface area contributed by atoms with E-state index in [9.17, 15) is 0 Å². The topological polar surface area (TPSA) is 69.9 Å². The number of rotatable bonds is 3. The molecule has 0 aliphatic heterocycles. The van der Waals surface area contributed by atoms with E-state index in [4.69, 9.17) is 15.5 Å². The van der Waals surface area contributed by atoms with E-state index in [1.54, 1.807) is 6.07 Å². The van der Waals surface area contributed by atoms with Gasteiger partial charge in [0.2, 0.25) is 5.82 Å². The van der Waals surface area contributed by atoms with Crippen molar-refractivity contribution in [3.63, 3.8) is 0 Å². The first-order valence-corrected chi connectivity index (χ1v) is 6.63. The monoisotopic (exact) mass is 290 g/mol. The van der Waals surface area contributed by atoms with Crippen molar-refractivity contribution in [3.05, 3.63) is 42.7 Å². The highest BCUT2D eigenvalue weighted by Crippen LogP contribution is 2.28. The molecule has 1 aromatic carbocycles. The van der Waals surface area contributed by atoms with Gasteiger partial charge in [0.25, 0.3) is 5.89 Å². The van der Waals surface area contributed by atoms with Crippen molar-refractivity contribution in [1.29, 1.82) is 0 Å². The second-order valence-electron chi connectivity index (χ2n) is 4.69. The highest BCUT2D eigenvalue weighted by molar-refractivity contribution is 5.85. The summed E-state index contributed by atoms with van der Waals surface area (Å²) in [5.74, 6) is 3.42. The van der Waals surface area contributed by atoms with E-state index in [0.29, 0.717) is 24.0 Å². The van der Waals surface area contributed by atoms with Crippen LogP contribution >= 0.6 is 0 Å². The van der Waals surface area contributed by atoms with Crippen LogP contribution in [0.5, 0.6) is 0 Å². The zero-order valence-electron chi connectivity index (χ0n) is 11.4. The van der Waals surface area contributed by atoms with Gasteiger partial charge in [-0.3, -0.25) is 0 Å². The SMILES string of the molecule is C#CCn1c(-c2nc(-c3ccon3)no2)cc2ccccc21. The molecule has 22 heavy (non-hydrogen) atoms. The molecule has 0 spiro atoms. The van der Waals surface area contributed by atoms with Crippen LogP contribution in [0.4, 0.5) is 0 Å². The maximum Gasteiger partial charge on any atom is 0.274 e. The van der Waals surface area contributed by atoms with Gasteiger partial charge < -0.3 is 13.6 Å². The Kier molecular flexibility index (Phi) is 2.76. The van der Waals surface area contributed by atoms with Gasteiger partial charge >= 0.3 is 0 Å². The van der Waals surface area contributed by atoms with E-state index >= 15 is 0 Å². The molecule has 3 aromatic heterocycles. The zero-order chi connectivity index (χ0) is 14.9. The van der Waals surface area contributed by atoms with E-state index < -0.39 is 0 Å². The average molecular weight is 290 g/mol. The summed E-state index contributed by atoms with van der Waals surface area (Å²) in [6.07, 6.45) is 6.94. The molecule has 0 bridgehead atoms. The standard InChI is InChI=1S/C16H10N4O2/c1-2-8-20-13-6-4-3-5-11(13)10-14(20)16-17-15(19-22-16)12-7-9-21-18-12/h1,3-7,9-10H,8H2.